The van der Waals surface area contributed by atoms with Gasteiger partial charge in [0.2, 0.25) is 41.4 Å². The molecule has 10 atom stereocenters. The van der Waals surface area contributed by atoms with Crippen LogP contribution in [0.1, 0.15) is 150 Å². The maximum atomic E-state index is 14.4. The van der Waals surface area contributed by atoms with E-state index in [4.69, 9.17) is 34.4 Å². The highest BCUT2D eigenvalue weighted by Crippen LogP contribution is 2.24. The first-order valence-electron chi connectivity index (χ1n) is 27.3. The number of nitrogens with two attached hydrogens (primary N) is 6. The molecule has 1 rings (SSSR count). The van der Waals surface area contributed by atoms with Gasteiger partial charge in [0.05, 0.1) is 36.2 Å². The third-order valence-electron chi connectivity index (χ3n) is 13.7. The van der Waals surface area contributed by atoms with Gasteiger partial charge in [0, 0.05) is 68.7 Å². The molecule has 0 saturated heterocycles. The second-order valence-electron chi connectivity index (χ2n) is 21.7. The summed E-state index contributed by atoms with van der Waals surface area (Å²) in [4.78, 5) is 152. The first-order valence-corrected chi connectivity index (χ1v) is 27.3. The molecule has 444 valence electrons. The molecule has 1 aromatic rings. The lowest BCUT2D eigenvalue weighted by Crippen LogP contribution is -2.49. The number of guanidine groups is 1. The second-order valence-corrected chi connectivity index (χ2v) is 21.7. The van der Waals surface area contributed by atoms with Crippen molar-refractivity contribution in [3.8, 4) is 5.75 Å². The van der Waals surface area contributed by atoms with Crippen LogP contribution in [0.15, 0.2) is 29.3 Å². The van der Waals surface area contributed by atoms with E-state index >= 15 is 0 Å². The average molecular weight is 1110 g/mol. The number of carbonyl (C=O) groups is 11. The van der Waals surface area contributed by atoms with E-state index in [1.807, 2.05) is 27.7 Å². The lowest BCUT2D eigenvalue weighted by atomic mass is 9.87. The van der Waals surface area contributed by atoms with Crippen LogP contribution in [-0.2, 0) is 59.2 Å². The Labute approximate surface area is 464 Å². The molecular formula is C55H91N11O13. The minimum absolute atomic E-state index is 0.0120. The summed E-state index contributed by atoms with van der Waals surface area (Å²) in [6.45, 7) is 12.2. The maximum absolute atomic E-state index is 14.4. The van der Waals surface area contributed by atoms with Crippen LogP contribution in [0.3, 0.4) is 0 Å². The molecule has 0 aliphatic rings. The largest absolute Gasteiger partial charge is 0.508 e. The Morgan fingerprint density at radius 1 is 0.519 bits per heavy atom. The molecule has 1 aromatic carbocycles. The second kappa shape index (κ2) is 36.4. The first kappa shape index (κ1) is 70.2. The van der Waals surface area contributed by atoms with Crippen molar-refractivity contribution < 1.29 is 63.0 Å². The van der Waals surface area contributed by atoms with E-state index in [2.05, 4.69) is 26.3 Å². The molecule has 0 unspecified atom stereocenters. The number of phenols is 1. The van der Waals surface area contributed by atoms with E-state index in [1.165, 1.54) is 45.0 Å². The van der Waals surface area contributed by atoms with Crippen LogP contribution in [0.5, 0.6) is 5.75 Å². The Morgan fingerprint density at radius 3 is 1.51 bits per heavy atom. The molecule has 0 fully saturated rings. The Balaban J connectivity index is 3.59. The third-order valence-corrected chi connectivity index (χ3v) is 13.7. The van der Waals surface area contributed by atoms with Crippen LogP contribution in [0.2, 0.25) is 0 Å². The van der Waals surface area contributed by atoms with Gasteiger partial charge in [-0.25, -0.2) is 0 Å². The van der Waals surface area contributed by atoms with Crippen molar-refractivity contribution >= 4 is 70.4 Å². The van der Waals surface area contributed by atoms with Crippen LogP contribution in [0.25, 0.3) is 0 Å². The van der Waals surface area contributed by atoms with Gasteiger partial charge in [0.15, 0.2) is 29.1 Å². The summed E-state index contributed by atoms with van der Waals surface area (Å²) in [6.07, 6.45) is -2.22. The maximum Gasteiger partial charge on any atom is 0.226 e. The number of phenolic OH excluding ortho intramolecular Hbond substituents is 1. The number of amides is 7. The minimum Gasteiger partial charge on any atom is -0.508 e. The number of nitrogens with one attached hydrogen (secondary N) is 4. The number of aromatic hydroxyl groups is 1. The van der Waals surface area contributed by atoms with Crippen molar-refractivity contribution in [2.45, 2.75) is 181 Å². The average Bonchev–Trinajstić information content (AvgIpc) is 3.35. The fourth-order valence-corrected chi connectivity index (χ4v) is 8.79. The summed E-state index contributed by atoms with van der Waals surface area (Å²) in [5, 5.41) is 30.7. The zero-order valence-electron chi connectivity index (χ0n) is 47.3. The van der Waals surface area contributed by atoms with Crippen molar-refractivity contribution in [2.24, 2.45) is 80.8 Å². The fraction of sp³-hybridized carbons (Fsp3) is 0.673. The van der Waals surface area contributed by atoms with Gasteiger partial charge in [0.1, 0.15) is 5.75 Å². The molecule has 18 N–H and O–H groups in total. The molecule has 0 bridgehead atoms. The van der Waals surface area contributed by atoms with Crippen LogP contribution >= 0.6 is 0 Å². The zero-order chi connectivity index (χ0) is 60.1. The lowest BCUT2D eigenvalue weighted by Gasteiger charge is -2.26. The molecule has 0 heterocycles. The number of aliphatic imine (C=N–C) groups is 1. The molecule has 0 spiro atoms. The first-order chi connectivity index (χ1) is 36.9. The molecule has 24 heteroatoms. The SMILES string of the molecule is CC(C)C[C@H](CC(=O)[C@H](CC(C)C)NC(=O)[C@H](CCCCN)CC(=O)[C@H](C)NC(=O)[C@@H](CC(=O)[C@H](CCC(N)=O)NC(=O)[C@H](CCC(N)=O)CC(=O)[C@H](CCCN=C(N)N)NC(=O)[C@@H](C)[C@@H](C)O)Cc1ccc(O)cc1)C(N)=O. The van der Waals surface area contributed by atoms with Crippen molar-refractivity contribution in [3.63, 3.8) is 0 Å². The number of hydrogen-bond acceptors (Lipinski definition) is 15. The predicted molar refractivity (Wildman–Crippen MR) is 296 cm³/mol. The molecule has 79 heavy (non-hydrogen) atoms. The van der Waals surface area contributed by atoms with Gasteiger partial charge in [0.25, 0.3) is 0 Å². The van der Waals surface area contributed by atoms with Crippen molar-refractivity contribution in [1.29, 1.82) is 0 Å². The number of ketones is 4. The smallest absolute Gasteiger partial charge is 0.226 e. The number of primary amides is 3. The minimum atomic E-state index is -1.49. The standard InChI is InChI=1S/C55H91N11O13/c1-30(2)23-38(50(59)75)28-47(72)43(24-31(3)4)66-52(77)36(11-8-9-21-56)26-44(69)33(6)63-54(79)39(25-35-13-16-40(68)17-14-35)29-46(71)42(18-20-49(58)74)65-53(78)37(15-19-48(57)73)27-45(70)41(12-10-22-62-55(60)61)64-51(76)32(5)34(7)67/h13-14,16-17,30-34,36-39,41-43,67-68H,8-12,15,18-29,56H2,1-7H3,(H2,57,73)(H2,58,74)(H2,59,75)(H,63,79)(H,64,76)(H,65,78)(H,66,77)(H4,60,61,62)/t32-,33-,34+,36+,37+,38+,39+,41-,42-,43-/m0/s1. The molecule has 0 radical (unpaired) electrons. The normalized spacial score (nSPS) is 15.1. The molecule has 0 saturated carbocycles. The number of aliphatic hydroxyl groups is 1. The highest BCUT2D eigenvalue weighted by molar-refractivity contribution is 5.98. The Morgan fingerprint density at radius 2 is 0.987 bits per heavy atom. The van der Waals surface area contributed by atoms with E-state index < -0.39 is 138 Å². The number of unbranched alkanes of at least 4 members (excludes halogenated alkanes) is 1. The summed E-state index contributed by atoms with van der Waals surface area (Å²) in [7, 11) is 0. The molecule has 0 aliphatic carbocycles. The Kier molecular flexibility index (Phi) is 32.3. The van der Waals surface area contributed by atoms with Crippen LogP contribution in [0.4, 0.5) is 0 Å². The topological polar surface area (TPSA) is 445 Å². The number of aliphatic hydroxyl groups excluding tert-OH is 1. The van der Waals surface area contributed by atoms with Gasteiger partial charge in [-0.15, -0.1) is 0 Å². The zero-order valence-corrected chi connectivity index (χ0v) is 47.3. The van der Waals surface area contributed by atoms with Gasteiger partial charge < -0.3 is 65.9 Å². The molecule has 7 amide bonds. The summed E-state index contributed by atoms with van der Waals surface area (Å²) in [5.74, 6) is -12.9. The number of carbonyl (C=O) groups excluding carboxylic acids is 11. The van der Waals surface area contributed by atoms with Crippen LogP contribution in [0, 0.1) is 41.4 Å². The summed E-state index contributed by atoms with van der Waals surface area (Å²) in [6, 6.07) is 0.885. The van der Waals surface area contributed by atoms with Gasteiger partial charge >= 0.3 is 0 Å². The van der Waals surface area contributed by atoms with E-state index in [0.717, 1.165) is 0 Å². The molecule has 0 aliphatic heterocycles. The summed E-state index contributed by atoms with van der Waals surface area (Å²) < 4.78 is 0. The summed E-state index contributed by atoms with van der Waals surface area (Å²) in [5.41, 5.74) is 33.7. The predicted octanol–water partition coefficient (Wildman–Crippen LogP) is 0.503. The Bertz CT molecular complexity index is 2230. The van der Waals surface area contributed by atoms with Gasteiger partial charge in [-0.1, -0.05) is 53.2 Å². The van der Waals surface area contributed by atoms with Crippen molar-refractivity contribution in [1.82, 2.24) is 21.3 Å². The Hall–Kier alpha value is -6.82. The molecule has 24 nitrogen and oxygen atoms in total. The highest BCUT2D eigenvalue weighted by atomic mass is 16.3. The van der Waals surface area contributed by atoms with Gasteiger partial charge in [-0.2, -0.15) is 0 Å². The van der Waals surface area contributed by atoms with Gasteiger partial charge in [-0.05, 0) is 108 Å². The number of Topliss-reactive ketones (excluding diaryl/α,β-unsaturated/α-hetero) is 4. The number of hydrogen-bond donors (Lipinski definition) is 12. The van der Waals surface area contributed by atoms with Gasteiger partial charge in [-0.3, -0.25) is 57.7 Å². The number of benzene rings is 1. The summed E-state index contributed by atoms with van der Waals surface area (Å²) >= 11 is 0. The lowest BCUT2D eigenvalue weighted by molar-refractivity contribution is -0.136. The molecular weight excluding hydrogens is 1020 g/mol. The fourth-order valence-electron chi connectivity index (χ4n) is 8.79. The third kappa shape index (κ3) is 28.6. The van der Waals surface area contributed by atoms with Crippen LogP contribution < -0.4 is 55.7 Å². The van der Waals surface area contributed by atoms with Crippen molar-refractivity contribution in [2.75, 3.05) is 13.1 Å². The monoisotopic (exact) mass is 1110 g/mol. The highest BCUT2D eigenvalue weighted by Gasteiger charge is 2.36. The quantitative estimate of drug-likeness (QED) is 0.0241. The van der Waals surface area contributed by atoms with E-state index in [0.29, 0.717) is 31.4 Å². The van der Waals surface area contributed by atoms with Crippen LogP contribution in [-0.4, -0.2) is 124 Å². The van der Waals surface area contributed by atoms with E-state index in [-0.39, 0.29) is 100 Å². The van der Waals surface area contributed by atoms with Crippen molar-refractivity contribution in [3.05, 3.63) is 29.8 Å². The van der Waals surface area contributed by atoms with E-state index in [9.17, 15) is 63.0 Å². The number of rotatable bonds is 42. The van der Waals surface area contributed by atoms with E-state index in [1.54, 1.807) is 0 Å². The number of nitrogens with zero attached hydrogens (tertiary/aromatic N) is 1. The molecule has 0 aromatic heterocycles.